The van der Waals surface area contributed by atoms with Crippen LogP contribution >= 0.6 is 0 Å². The van der Waals surface area contributed by atoms with Crippen LogP contribution in [0.3, 0.4) is 0 Å². The molecule has 0 spiro atoms. The summed E-state index contributed by atoms with van der Waals surface area (Å²) in [6, 6.07) is 22.8. The number of hydrogen-bond donors (Lipinski definition) is 0. The summed E-state index contributed by atoms with van der Waals surface area (Å²) in [5.74, 6) is 1.88. The molecule has 0 aliphatic heterocycles. The number of rotatable bonds is 11. The molecule has 0 amide bonds. The van der Waals surface area contributed by atoms with E-state index < -0.39 is 0 Å². The lowest BCUT2D eigenvalue weighted by molar-refractivity contribution is 0.0988. The van der Waals surface area contributed by atoms with Gasteiger partial charge in [0.1, 0.15) is 11.5 Å². The molecule has 0 heterocycles. The van der Waals surface area contributed by atoms with Crippen molar-refractivity contribution in [2.24, 2.45) is 0 Å². The van der Waals surface area contributed by atoms with Gasteiger partial charge in [0.05, 0.1) is 13.2 Å². The van der Waals surface area contributed by atoms with Crippen molar-refractivity contribution in [3.63, 3.8) is 0 Å². The maximum Gasteiger partial charge on any atom is 0.162 e. The molecule has 4 aromatic rings. The van der Waals surface area contributed by atoms with Gasteiger partial charge in [0.15, 0.2) is 5.78 Å². The third kappa shape index (κ3) is 4.94. The van der Waals surface area contributed by atoms with E-state index >= 15 is 0 Å². The molecule has 176 valence electrons. The lowest BCUT2D eigenvalue weighted by Crippen LogP contribution is -2.02. The normalized spacial score (nSPS) is 11.1. The summed E-state index contributed by atoms with van der Waals surface area (Å²) < 4.78 is 12.7. The van der Waals surface area contributed by atoms with Crippen molar-refractivity contribution in [1.29, 1.82) is 0 Å². The van der Waals surface area contributed by atoms with Gasteiger partial charge in [-0.05, 0) is 52.6 Å². The monoisotopic (exact) mass is 454 g/mol. The fraction of sp³-hybridized carbons (Fsp3) is 0.323. The van der Waals surface area contributed by atoms with E-state index in [1.807, 2.05) is 25.1 Å². The van der Waals surface area contributed by atoms with Gasteiger partial charge >= 0.3 is 0 Å². The van der Waals surface area contributed by atoms with Crippen LogP contribution in [0, 0.1) is 0 Å². The van der Waals surface area contributed by atoms with E-state index in [0.717, 1.165) is 75.4 Å². The molecular weight excluding hydrogens is 420 g/mol. The van der Waals surface area contributed by atoms with E-state index in [-0.39, 0.29) is 5.78 Å². The van der Waals surface area contributed by atoms with Gasteiger partial charge in [-0.15, -0.1) is 0 Å². The topological polar surface area (TPSA) is 35.5 Å². The van der Waals surface area contributed by atoms with Crippen LogP contribution in [0.15, 0.2) is 66.7 Å². The average molecular weight is 455 g/mol. The van der Waals surface area contributed by atoms with Crippen molar-refractivity contribution < 1.29 is 14.3 Å². The number of ketones is 1. The number of carbonyl (C=O) groups is 1. The molecule has 0 N–H and O–H groups in total. The maximum atomic E-state index is 12.4. The molecule has 34 heavy (non-hydrogen) atoms. The molecule has 0 aliphatic carbocycles. The number of Topliss-reactive ketones (excluding diaryl/α,β-unsaturated/α-hetero) is 1. The molecule has 0 saturated carbocycles. The van der Waals surface area contributed by atoms with Crippen LogP contribution in [0.5, 0.6) is 11.5 Å². The molecule has 0 atom stereocenters. The van der Waals surface area contributed by atoms with Crippen molar-refractivity contribution >= 4 is 27.3 Å². The Morgan fingerprint density at radius 1 is 0.676 bits per heavy atom. The van der Waals surface area contributed by atoms with Gasteiger partial charge in [0, 0.05) is 23.1 Å². The Hall–Kier alpha value is -3.33. The average Bonchev–Trinajstić information content (AvgIpc) is 2.88. The number of ether oxygens (including phenoxy) is 2. The molecule has 0 radical (unpaired) electrons. The third-order valence-corrected chi connectivity index (χ3v) is 6.28. The number of hydrogen-bond acceptors (Lipinski definition) is 3. The van der Waals surface area contributed by atoms with Crippen LogP contribution in [0.2, 0.25) is 0 Å². The van der Waals surface area contributed by atoms with Gasteiger partial charge in [-0.25, -0.2) is 0 Å². The van der Waals surface area contributed by atoms with Gasteiger partial charge in [0.25, 0.3) is 0 Å². The van der Waals surface area contributed by atoms with E-state index in [4.69, 9.17) is 9.47 Å². The Morgan fingerprint density at radius 2 is 1.26 bits per heavy atom. The van der Waals surface area contributed by atoms with Crippen LogP contribution in [0.1, 0.15) is 63.2 Å². The minimum Gasteiger partial charge on any atom is -0.493 e. The number of fused-ring (bicyclic) bond motifs is 2. The zero-order valence-electron chi connectivity index (χ0n) is 20.5. The number of benzene rings is 4. The van der Waals surface area contributed by atoms with Crippen LogP contribution in [0.25, 0.3) is 32.7 Å². The Bertz CT molecular complexity index is 1290. The Balaban J connectivity index is 1.99. The van der Waals surface area contributed by atoms with E-state index in [1.54, 1.807) is 0 Å². The molecule has 0 aromatic heterocycles. The second-order valence-electron chi connectivity index (χ2n) is 8.72. The molecule has 0 fully saturated rings. The van der Waals surface area contributed by atoms with E-state index in [0.29, 0.717) is 19.6 Å². The van der Waals surface area contributed by atoms with Crippen molar-refractivity contribution in [3.8, 4) is 22.6 Å². The molecule has 3 heteroatoms. The Labute approximate surface area is 202 Å². The number of unbranched alkanes of at least 4 members (excludes halogenated alkanes) is 2. The molecule has 0 saturated heterocycles. The Morgan fingerprint density at radius 3 is 1.88 bits per heavy atom. The summed E-state index contributed by atoms with van der Waals surface area (Å²) >= 11 is 0. The van der Waals surface area contributed by atoms with Crippen LogP contribution in [-0.2, 0) is 0 Å². The van der Waals surface area contributed by atoms with Gasteiger partial charge in [-0.3, -0.25) is 4.79 Å². The van der Waals surface area contributed by atoms with Crippen molar-refractivity contribution in [3.05, 3.63) is 72.3 Å². The summed E-state index contributed by atoms with van der Waals surface area (Å²) in [7, 11) is 0. The van der Waals surface area contributed by atoms with Gasteiger partial charge < -0.3 is 9.47 Å². The van der Waals surface area contributed by atoms with Crippen LogP contribution in [-0.4, -0.2) is 19.0 Å². The van der Waals surface area contributed by atoms with Crippen molar-refractivity contribution in [2.45, 2.75) is 52.9 Å². The van der Waals surface area contributed by atoms with Gasteiger partial charge in [0.2, 0.25) is 0 Å². The summed E-state index contributed by atoms with van der Waals surface area (Å²) in [4.78, 5) is 12.4. The highest BCUT2D eigenvalue weighted by Gasteiger charge is 2.19. The zero-order valence-corrected chi connectivity index (χ0v) is 20.5. The van der Waals surface area contributed by atoms with Gasteiger partial charge in [-0.2, -0.15) is 0 Å². The lowest BCUT2D eigenvalue weighted by atomic mass is 9.91. The van der Waals surface area contributed by atoms with Crippen molar-refractivity contribution in [2.75, 3.05) is 13.2 Å². The molecule has 0 bridgehead atoms. The fourth-order valence-electron chi connectivity index (χ4n) is 4.35. The minimum atomic E-state index is 0.153. The first kappa shape index (κ1) is 23.8. The first-order valence-corrected chi connectivity index (χ1v) is 12.6. The second kappa shape index (κ2) is 11.2. The molecule has 3 nitrogen and oxygen atoms in total. The fourth-order valence-corrected chi connectivity index (χ4v) is 4.35. The van der Waals surface area contributed by atoms with E-state index in [9.17, 15) is 4.79 Å². The highest BCUT2D eigenvalue weighted by molar-refractivity contribution is 6.11. The molecular formula is C31H34O3. The third-order valence-electron chi connectivity index (χ3n) is 6.28. The largest absolute Gasteiger partial charge is 0.493 e. The van der Waals surface area contributed by atoms with Crippen molar-refractivity contribution in [1.82, 2.24) is 0 Å². The first-order chi connectivity index (χ1) is 16.7. The van der Waals surface area contributed by atoms with E-state index in [1.165, 1.54) is 0 Å². The molecule has 0 unspecified atom stereocenters. The standard InChI is InChI=1S/C31H34O3/c1-4-7-19-33-28-17-14-22-11-9-10-12-25(22)30(28)31-26-16-13-24(27(32)6-3)21-23(26)15-18-29(31)34-20-8-5-2/h9-18,21H,4-8,19-20H2,1-3H3. The SMILES string of the molecule is CCCCOc1ccc2ccccc2c1-c1c(OCCCC)ccc2cc(C(=O)CC)ccc12. The quantitative estimate of drug-likeness (QED) is 0.168. The molecule has 4 aromatic carbocycles. The molecule has 4 rings (SSSR count). The Kier molecular flexibility index (Phi) is 7.84. The van der Waals surface area contributed by atoms with Crippen LogP contribution < -0.4 is 9.47 Å². The predicted molar refractivity (Wildman–Crippen MR) is 142 cm³/mol. The summed E-state index contributed by atoms with van der Waals surface area (Å²) in [5.41, 5.74) is 2.84. The maximum absolute atomic E-state index is 12.4. The minimum absolute atomic E-state index is 0.153. The second-order valence-corrected chi connectivity index (χ2v) is 8.72. The van der Waals surface area contributed by atoms with Crippen LogP contribution in [0.4, 0.5) is 0 Å². The highest BCUT2D eigenvalue weighted by atomic mass is 16.5. The van der Waals surface area contributed by atoms with E-state index in [2.05, 4.69) is 62.4 Å². The smallest absolute Gasteiger partial charge is 0.162 e. The number of carbonyl (C=O) groups excluding carboxylic acids is 1. The highest BCUT2D eigenvalue weighted by Crippen LogP contribution is 2.45. The first-order valence-electron chi connectivity index (χ1n) is 12.6. The zero-order chi connectivity index (χ0) is 23.9. The summed E-state index contributed by atoms with van der Waals surface area (Å²) in [5, 5.41) is 4.40. The predicted octanol–water partition coefficient (Wildman–Crippen LogP) is 8.61. The summed E-state index contributed by atoms with van der Waals surface area (Å²) in [6.45, 7) is 7.58. The summed E-state index contributed by atoms with van der Waals surface area (Å²) in [6.07, 6.45) is 4.65. The molecule has 0 aliphatic rings. The van der Waals surface area contributed by atoms with Gasteiger partial charge in [-0.1, -0.05) is 82.1 Å². The lowest BCUT2D eigenvalue weighted by Gasteiger charge is -2.20.